The van der Waals surface area contributed by atoms with Gasteiger partial charge in [0.2, 0.25) is 0 Å². The van der Waals surface area contributed by atoms with Gasteiger partial charge in [0.05, 0.1) is 11.2 Å². The number of nitrogen functional groups attached to an aromatic ring is 1. The third-order valence-corrected chi connectivity index (χ3v) is 2.90. The van der Waals surface area contributed by atoms with Crippen LogP contribution >= 0.6 is 27.5 Å². The van der Waals surface area contributed by atoms with Crippen LogP contribution in [0.5, 0.6) is 0 Å². The fraction of sp³-hybridized carbons (Fsp3) is 0. The molecule has 0 amide bonds. The summed E-state index contributed by atoms with van der Waals surface area (Å²) < 4.78 is 2.47. The second kappa shape index (κ2) is 2.64. The summed E-state index contributed by atoms with van der Waals surface area (Å²) in [6.45, 7) is 0. The van der Waals surface area contributed by atoms with Crippen LogP contribution in [0.1, 0.15) is 0 Å². The summed E-state index contributed by atoms with van der Waals surface area (Å²) in [5, 5.41) is 0.618. The second-order valence-corrected chi connectivity index (χ2v) is 3.51. The van der Waals surface area contributed by atoms with Crippen LogP contribution in [-0.4, -0.2) is 9.38 Å². The van der Waals surface area contributed by atoms with Gasteiger partial charge in [-0.25, -0.2) is 4.98 Å². The largest absolute Gasteiger partial charge is 0.383 e. The second-order valence-electron chi connectivity index (χ2n) is 2.35. The molecule has 2 N–H and O–H groups in total. The zero-order chi connectivity index (χ0) is 8.72. The number of hydrogen-bond acceptors (Lipinski definition) is 2. The van der Waals surface area contributed by atoms with Gasteiger partial charge in [-0.1, -0.05) is 11.6 Å². The van der Waals surface area contributed by atoms with Crippen LogP contribution in [0, 0.1) is 0 Å². The van der Waals surface area contributed by atoms with Gasteiger partial charge in [0.25, 0.3) is 0 Å². The first-order chi connectivity index (χ1) is 5.70. The molecule has 2 rings (SSSR count). The summed E-state index contributed by atoms with van der Waals surface area (Å²) in [4.78, 5) is 4.07. The number of pyridine rings is 1. The van der Waals surface area contributed by atoms with E-state index in [1.165, 1.54) is 0 Å². The molecule has 5 heteroatoms. The minimum atomic E-state index is 0.569. The van der Waals surface area contributed by atoms with Crippen LogP contribution in [0.4, 0.5) is 5.82 Å². The van der Waals surface area contributed by atoms with Gasteiger partial charge in [-0.2, -0.15) is 0 Å². The van der Waals surface area contributed by atoms with Crippen molar-refractivity contribution in [2.75, 3.05) is 5.73 Å². The Balaban J connectivity index is 2.96. The lowest BCUT2D eigenvalue weighted by molar-refractivity contribution is 1.15. The molecule has 0 spiro atoms. The summed E-state index contributed by atoms with van der Waals surface area (Å²) in [7, 11) is 0. The number of nitrogens with two attached hydrogens (primary N) is 1. The molecule has 0 aliphatic carbocycles. The van der Waals surface area contributed by atoms with E-state index in [1.807, 2.05) is 6.07 Å². The highest BCUT2D eigenvalue weighted by Gasteiger charge is 2.05. The van der Waals surface area contributed by atoms with Crippen molar-refractivity contribution in [1.29, 1.82) is 0 Å². The van der Waals surface area contributed by atoms with E-state index < -0.39 is 0 Å². The van der Waals surface area contributed by atoms with E-state index in [9.17, 15) is 0 Å². The van der Waals surface area contributed by atoms with Gasteiger partial charge in [0.15, 0.2) is 0 Å². The monoisotopic (exact) mass is 245 g/mol. The Morgan fingerprint density at radius 1 is 1.50 bits per heavy atom. The maximum absolute atomic E-state index is 5.87. The molecule has 2 aromatic rings. The van der Waals surface area contributed by atoms with E-state index in [0.29, 0.717) is 10.8 Å². The topological polar surface area (TPSA) is 43.3 Å². The minimum absolute atomic E-state index is 0.569. The molecule has 2 aromatic heterocycles. The highest BCUT2D eigenvalue weighted by atomic mass is 79.9. The van der Waals surface area contributed by atoms with Crippen LogP contribution in [0.25, 0.3) is 5.65 Å². The van der Waals surface area contributed by atoms with Crippen LogP contribution in [0.2, 0.25) is 5.02 Å². The van der Waals surface area contributed by atoms with E-state index in [2.05, 4.69) is 20.9 Å². The van der Waals surface area contributed by atoms with Crippen molar-refractivity contribution in [1.82, 2.24) is 9.38 Å². The van der Waals surface area contributed by atoms with E-state index in [-0.39, 0.29) is 0 Å². The Bertz CT molecular complexity index is 437. The lowest BCUT2D eigenvalue weighted by Crippen LogP contribution is -1.94. The summed E-state index contributed by atoms with van der Waals surface area (Å²) in [5.74, 6) is 0.569. The number of anilines is 1. The number of rotatable bonds is 0. The number of nitrogens with zero attached hydrogens (tertiary/aromatic N) is 2. The molecule has 0 radical (unpaired) electrons. The molecule has 62 valence electrons. The molecule has 0 fully saturated rings. The van der Waals surface area contributed by atoms with Gasteiger partial charge in [-0.3, -0.25) is 4.40 Å². The fourth-order valence-electron chi connectivity index (χ4n) is 1.03. The molecule has 12 heavy (non-hydrogen) atoms. The molecule has 0 bridgehead atoms. The number of hydrogen-bond donors (Lipinski definition) is 1. The average molecular weight is 246 g/mol. The van der Waals surface area contributed by atoms with Gasteiger partial charge < -0.3 is 5.73 Å². The highest BCUT2D eigenvalue weighted by molar-refractivity contribution is 9.10. The Morgan fingerprint density at radius 3 is 3.00 bits per heavy atom. The first-order valence-corrected chi connectivity index (χ1v) is 4.44. The summed E-state index contributed by atoms with van der Waals surface area (Å²) in [6, 6.07) is 3.58. The summed E-state index contributed by atoms with van der Waals surface area (Å²) in [6.07, 6.45) is 1.59. The molecule has 2 heterocycles. The third-order valence-electron chi connectivity index (χ3n) is 1.59. The van der Waals surface area contributed by atoms with Crippen LogP contribution in [0.3, 0.4) is 0 Å². The van der Waals surface area contributed by atoms with Crippen molar-refractivity contribution in [3.05, 3.63) is 28.0 Å². The molecule has 0 saturated heterocycles. The number of imidazole rings is 1. The Labute approximate surface area is 82.3 Å². The third kappa shape index (κ3) is 0.990. The van der Waals surface area contributed by atoms with E-state index in [1.54, 1.807) is 16.7 Å². The lowest BCUT2D eigenvalue weighted by atomic mass is 10.5. The average Bonchev–Trinajstić information content (AvgIpc) is 2.41. The predicted octanol–water partition coefficient (Wildman–Crippen LogP) is 2.33. The predicted molar refractivity (Wildman–Crippen MR) is 52.3 cm³/mol. The van der Waals surface area contributed by atoms with Crippen molar-refractivity contribution < 1.29 is 0 Å². The molecule has 3 nitrogen and oxygen atoms in total. The van der Waals surface area contributed by atoms with Gasteiger partial charge in [-0.05, 0) is 28.1 Å². The maximum Gasteiger partial charge on any atom is 0.139 e. The van der Waals surface area contributed by atoms with Crippen LogP contribution in [0.15, 0.2) is 22.9 Å². The van der Waals surface area contributed by atoms with Gasteiger partial charge in [0, 0.05) is 0 Å². The van der Waals surface area contributed by atoms with Crippen molar-refractivity contribution >= 4 is 39.0 Å². The van der Waals surface area contributed by atoms with Crippen LogP contribution in [-0.2, 0) is 0 Å². The van der Waals surface area contributed by atoms with Crippen LogP contribution < -0.4 is 5.73 Å². The highest BCUT2D eigenvalue weighted by Crippen LogP contribution is 2.25. The van der Waals surface area contributed by atoms with Gasteiger partial charge in [-0.15, -0.1) is 0 Å². The molecule has 0 unspecified atom stereocenters. The van der Waals surface area contributed by atoms with Crippen molar-refractivity contribution in [3.63, 3.8) is 0 Å². The quantitative estimate of drug-likeness (QED) is 0.725. The Morgan fingerprint density at radius 2 is 2.25 bits per heavy atom. The zero-order valence-electron chi connectivity index (χ0n) is 5.96. The molecule has 0 aliphatic rings. The Kier molecular flexibility index (Phi) is 1.73. The van der Waals surface area contributed by atoms with Crippen molar-refractivity contribution in [2.45, 2.75) is 0 Å². The van der Waals surface area contributed by atoms with E-state index in [0.717, 1.165) is 10.3 Å². The Hall–Kier alpha value is -0.740. The number of fused-ring (bicyclic) bond motifs is 1. The smallest absolute Gasteiger partial charge is 0.139 e. The summed E-state index contributed by atoms with van der Waals surface area (Å²) in [5.41, 5.74) is 6.44. The molecule has 0 atom stereocenters. The normalized spacial score (nSPS) is 10.8. The van der Waals surface area contributed by atoms with Gasteiger partial charge in [0.1, 0.15) is 16.1 Å². The summed E-state index contributed by atoms with van der Waals surface area (Å²) >= 11 is 9.19. The SMILES string of the molecule is Nc1cnc2ccc(Cl)c(Br)n12. The van der Waals surface area contributed by atoms with E-state index >= 15 is 0 Å². The first-order valence-electron chi connectivity index (χ1n) is 3.27. The minimum Gasteiger partial charge on any atom is -0.383 e. The molecular formula is C7H5BrClN3. The number of halogens is 2. The van der Waals surface area contributed by atoms with Gasteiger partial charge >= 0.3 is 0 Å². The molecule has 0 aromatic carbocycles. The molecule has 0 saturated carbocycles. The first kappa shape index (κ1) is 7.89. The fourth-order valence-corrected chi connectivity index (χ4v) is 1.70. The maximum atomic E-state index is 5.87. The standard InChI is InChI=1S/C7H5BrClN3/c8-7-4(9)1-2-6-11-3-5(10)12(6)7/h1-3H,10H2. The molecule has 0 aliphatic heterocycles. The zero-order valence-corrected chi connectivity index (χ0v) is 8.30. The molecular weight excluding hydrogens is 241 g/mol. The lowest BCUT2D eigenvalue weighted by Gasteiger charge is -2.01. The van der Waals surface area contributed by atoms with Crippen molar-refractivity contribution in [2.24, 2.45) is 0 Å². The number of aromatic nitrogens is 2. The van der Waals surface area contributed by atoms with E-state index in [4.69, 9.17) is 17.3 Å². The van der Waals surface area contributed by atoms with Crippen molar-refractivity contribution in [3.8, 4) is 0 Å².